The van der Waals surface area contributed by atoms with Crippen LogP contribution in [0.25, 0.3) is 0 Å². The molecule has 0 aromatic rings. The van der Waals surface area contributed by atoms with Gasteiger partial charge in [0.25, 0.3) is 0 Å². The minimum atomic E-state index is -0.759. The second-order valence-electron chi connectivity index (χ2n) is 7.21. The van der Waals surface area contributed by atoms with E-state index in [4.69, 9.17) is 21.7 Å². The molecular weight excluding hydrogens is 374 g/mol. The first-order chi connectivity index (χ1) is 13.9. The molecule has 0 saturated carbocycles. The van der Waals surface area contributed by atoms with Gasteiger partial charge in [-0.15, -0.1) is 0 Å². The Kier molecular flexibility index (Phi) is 24.8. The number of nitrogens with two attached hydrogens (primary N) is 2. The monoisotopic (exact) mass is 417 g/mol. The van der Waals surface area contributed by atoms with E-state index >= 15 is 0 Å². The van der Waals surface area contributed by atoms with Gasteiger partial charge in [0.05, 0.1) is 0 Å². The van der Waals surface area contributed by atoms with Gasteiger partial charge in [-0.2, -0.15) is 0 Å². The lowest BCUT2D eigenvalue weighted by atomic mass is 10.1. The molecule has 1 amide bonds. The van der Waals surface area contributed by atoms with Gasteiger partial charge in [-0.05, 0) is 51.6 Å². The van der Waals surface area contributed by atoms with E-state index in [0.717, 1.165) is 71.0 Å². The second-order valence-corrected chi connectivity index (χ2v) is 7.21. The van der Waals surface area contributed by atoms with E-state index in [-0.39, 0.29) is 18.7 Å². The summed E-state index contributed by atoms with van der Waals surface area (Å²) >= 11 is 0. The predicted molar refractivity (Wildman–Crippen MR) is 116 cm³/mol. The SMILES string of the molecule is NCCCCCCN.O=C(O)CCCCCCCC(=O)O.O=C1CCCCCN1. The molecule has 0 aromatic carbocycles. The first-order valence-corrected chi connectivity index (χ1v) is 11.0. The van der Waals surface area contributed by atoms with E-state index in [1.807, 2.05) is 0 Å². The first kappa shape index (κ1) is 29.5. The average Bonchev–Trinajstić information content (AvgIpc) is 2.93. The number of carbonyl (C=O) groups is 3. The maximum atomic E-state index is 10.6. The van der Waals surface area contributed by atoms with Crippen molar-refractivity contribution in [3.05, 3.63) is 0 Å². The minimum absolute atomic E-state index is 0.221. The van der Waals surface area contributed by atoms with Crippen LogP contribution in [0.3, 0.4) is 0 Å². The van der Waals surface area contributed by atoms with Crippen LogP contribution in [-0.4, -0.2) is 47.7 Å². The smallest absolute Gasteiger partial charge is 0.303 e. The highest BCUT2D eigenvalue weighted by Crippen LogP contribution is 2.07. The number of carboxylic acid groups (broad SMARTS) is 2. The van der Waals surface area contributed by atoms with Crippen molar-refractivity contribution in [1.82, 2.24) is 5.32 Å². The molecule has 0 aromatic heterocycles. The van der Waals surface area contributed by atoms with Gasteiger partial charge < -0.3 is 27.0 Å². The molecule has 0 bridgehead atoms. The van der Waals surface area contributed by atoms with Gasteiger partial charge in [0.2, 0.25) is 5.91 Å². The van der Waals surface area contributed by atoms with Crippen molar-refractivity contribution in [1.29, 1.82) is 0 Å². The minimum Gasteiger partial charge on any atom is -0.481 e. The summed E-state index contributed by atoms with van der Waals surface area (Å²) < 4.78 is 0. The molecule has 29 heavy (non-hydrogen) atoms. The van der Waals surface area contributed by atoms with Gasteiger partial charge in [-0.25, -0.2) is 0 Å². The standard InChI is InChI=1S/C9H16O4.C6H16N2.C6H11NO/c10-8(11)6-4-2-1-3-5-7-9(12)13;7-5-3-1-2-4-6-8;8-6-4-2-1-3-5-7-6/h1-7H2,(H,10,11)(H,12,13);1-8H2;1-5H2,(H,7,8). The number of rotatable bonds is 13. The lowest BCUT2D eigenvalue weighted by Gasteiger charge is -1.97. The van der Waals surface area contributed by atoms with Crippen LogP contribution in [0.1, 0.15) is 96.3 Å². The van der Waals surface area contributed by atoms with Crippen molar-refractivity contribution in [2.45, 2.75) is 96.3 Å². The summed E-state index contributed by atoms with van der Waals surface area (Å²) in [6.45, 7) is 2.54. The molecule has 1 rings (SSSR count). The number of aliphatic carboxylic acids is 2. The molecule has 0 spiro atoms. The molecule has 1 heterocycles. The van der Waals surface area contributed by atoms with Gasteiger partial charge in [0, 0.05) is 25.8 Å². The molecule has 1 fully saturated rings. The van der Waals surface area contributed by atoms with Crippen molar-refractivity contribution in [3.8, 4) is 0 Å². The summed E-state index contributed by atoms with van der Waals surface area (Å²) in [5.74, 6) is -1.29. The number of nitrogens with one attached hydrogen (secondary N) is 1. The number of carbonyl (C=O) groups excluding carboxylic acids is 1. The van der Waals surface area contributed by atoms with E-state index < -0.39 is 11.9 Å². The maximum Gasteiger partial charge on any atom is 0.303 e. The lowest BCUT2D eigenvalue weighted by molar-refractivity contribution is -0.138. The fourth-order valence-electron chi connectivity index (χ4n) is 2.63. The third-order valence-electron chi connectivity index (χ3n) is 4.34. The van der Waals surface area contributed by atoms with Crippen LogP contribution < -0.4 is 16.8 Å². The Morgan fingerprint density at radius 1 is 0.724 bits per heavy atom. The molecule has 0 atom stereocenters. The van der Waals surface area contributed by atoms with Crippen LogP contribution in [0.4, 0.5) is 0 Å². The summed E-state index contributed by atoms with van der Waals surface area (Å²) in [6.07, 6.45) is 13.5. The van der Waals surface area contributed by atoms with E-state index in [1.54, 1.807) is 0 Å². The number of hydrogen-bond donors (Lipinski definition) is 5. The number of hydrogen-bond acceptors (Lipinski definition) is 5. The zero-order valence-electron chi connectivity index (χ0n) is 18.0. The van der Waals surface area contributed by atoms with Crippen LogP contribution in [0.2, 0.25) is 0 Å². The van der Waals surface area contributed by atoms with Crippen molar-refractivity contribution in [2.75, 3.05) is 19.6 Å². The van der Waals surface area contributed by atoms with Crippen molar-refractivity contribution >= 4 is 17.8 Å². The molecule has 8 nitrogen and oxygen atoms in total. The van der Waals surface area contributed by atoms with E-state index in [9.17, 15) is 14.4 Å². The summed E-state index contributed by atoms with van der Waals surface area (Å²) in [7, 11) is 0. The molecule has 1 saturated heterocycles. The van der Waals surface area contributed by atoms with E-state index in [1.165, 1.54) is 19.3 Å². The highest BCUT2D eigenvalue weighted by Gasteiger charge is 2.03. The molecule has 0 unspecified atom stereocenters. The molecule has 1 aliphatic heterocycles. The van der Waals surface area contributed by atoms with Crippen molar-refractivity contribution in [3.63, 3.8) is 0 Å². The summed E-state index contributed by atoms with van der Waals surface area (Å²) in [5.41, 5.74) is 10.6. The number of amides is 1. The molecule has 0 aliphatic carbocycles. The maximum absolute atomic E-state index is 10.6. The Morgan fingerprint density at radius 3 is 1.62 bits per heavy atom. The highest BCUT2D eigenvalue weighted by atomic mass is 16.4. The highest BCUT2D eigenvalue weighted by molar-refractivity contribution is 5.75. The van der Waals surface area contributed by atoms with Crippen molar-refractivity contribution in [2.24, 2.45) is 11.5 Å². The van der Waals surface area contributed by atoms with E-state index in [0.29, 0.717) is 12.8 Å². The normalized spacial score (nSPS) is 13.1. The largest absolute Gasteiger partial charge is 0.481 e. The molecule has 7 N–H and O–H groups in total. The first-order valence-electron chi connectivity index (χ1n) is 11.0. The molecule has 8 heteroatoms. The van der Waals surface area contributed by atoms with Crippen LogP contribution in [0.5, 0.6) is 0 Å². The predicted octanol–water partition coefficient (Wildman–Crippen LogP) is 3.03. The molecule has 1 aliphatic rings. The molecule has 0 radical (unpaired) electrons. The Balaban J connectivity index is 0. The van der Waals surface area contributed by atoms with Crippen LogP contribution in [0, 0.1) is 0 Å². The van der Waals surface area contributed by atoms with Crippen LogP contribution in [-0.2, 0) is 14.4 Å². The fraction of sp³-hybridized carbons (Fsp3) is 0.857. The molecule has 172 valence electrons. The Labute approximate surface area is 175 Å². The summed E-state index contributed by atoms with van der Waals surface area (Å²) in [4.78, 5) is 30.8. The fourth-order valence-corrected chi connectivity index (χ4v) is 2.63. The van der Waals surface area contributed by atoms with Crippen LogP contribution in [0.15, 0.2) is 0 Å². The third kappa shape index (κ3) is 31.3. The average molecular weight is 418 g/mol. The Morgan fingerprint density at radius 2 is 1.17 bits per heavy atom. The second kappa shape index (κ2) is 24.4. The molecular formula is C21H43N3O5. The van der Waals surface area contributed by atoms with Gasteiger partial charge >= 0.3 is 11.9 Å². The van der Waals surface area contributed by atoms with E-state index in [2.05, 4.69) is 5.32 Å². The topological polar surface area (TPSA) is 156 Å². The van der Waals surface area contributed by atoms with Crippen LogP contribution >= 0.6 is 0 Å². The van der Waals surface area contributed by atoms with Gasteiger partial charge in [0.1, 0.15) is 0 Å². The van der Waals surface area contributed by atoms with Crippen molar-refractivity contribution < 1.29 is 24.6 Å². The van der Waals surface area contributed by atoms with Gasteiger partial charge in [-0.3, -0.25) is 14.4 Å². The zero-order chi connectivity index (χ0) is 22.2. The Bertz CT molecular complexity index is 372. The number of carboxylic acids is 2. The van der Waals surface area contributed by atoms with Gasteiger partial charge in [-0.1, -0.05) is 38.5 Å². The zero-order valence-corrected chi connectivity index (χ0v) is 18.0. The summed E-state index contributed by atoms with van der Waals surface area (Å²) in [5, 5.41) is 19.4. The lowest BCUT2D eigenvalue weighted by Crippen LogP contribution is -2.21. The quantitative estimate of drug-likeness (QED) is 0.288. The Hall–Kier alpha value is -1.67. The van der Waals surface area contributed by atoms with Gasteiger partial charge in [0.15, 0.2) is 0 Å². The third-order valence-corrected chi connectivity index (χ3v) is 4.34. The summed E-state index contributed by atoms with van der Waals surface area (Å²) in [6, 6.07) is 0. The number of unbranched alkanes of at least 4 members (excludes halogenated alkanes) is 7.